The second kappa shape index (κ2) is 9.70. The summed E-state index contributed by atoms with van der Waals surface area (Å²) in [4.78, 5) is 14.7. The van der Waals surface area contributed by atoms with E-state index in [0.717, 1.165) is 12.1 Å². The molecule has 0 spiro atoms. The van der Waals surface area contributed by atoms with Crippen LogP contribution in [0.25, 0.3) is 0 Å². The van der Waals surface area contributed by atoms with Crippen molar-refractivity contribution in [2.75, 3.05) is 7.11 Å². The van der Waals surface area contributed by atoms with Gasteiger partial charge in [0.05, 0.1) is 32.2 Å². The van der Waals surface area contributed by atoms with Crippen molar-refractivity contribution in [3.8, 4) is 17.2 Å². The molecule has 0 amide bonds. The van der Waals surface area contributed by atoms with Gasteiger partial charge in [-0.25, -0.2) is 0 Å². The second-order valence-corrected chi connectivity index (χ2v) is 8.02. The predicted octanol–water partition coefficient (Wildman–Crippen LogP) is 7.69. The lowest BCUT2D eigenvalue weighted by molar-refractivity contribution is -0.385. The number of nitro benzene ring substituents is 1. The molecular weight excluding hydrogens is 561 g/mol. The van der Waals surface area contributed by atoms with Gasteiger partial charge >= 0.3 is 11.9 Å². The number of nitrogens with zero attached hydrogens (tertiary/aromatic N) is 2. The molecule has 6 nitrogen and oxygen atoms in total. The Morgan fingerprint density at radius 3 is 2.19 bits per heavy atom. The fourth-order valence-corrected chi connectivity index (χ4v) is 3.99. The van der Waals surface area contributed by atoms with Gasteiger partial charge in [-0.15, -0.1) is 0 Å². The van der Waals surface area contributed by atoms with Crippen molar-refractivity contribution in [3.63, 3.8) is 0 Å². The molecule has 0 N–H and O–H groups in total. The summed E-state index contributed by atoms with van der Waals surface area (Å²) in [5.41, 5.74) is -0.573. The Morgan fingerprint density at radius 1 is 1.03 bits per heavy atom. The Labute approximate surface area is 197 Å². The normalized spacial score (nSPS) is 11.6. The molecule has 0 aliphatic heterocycles. The molecule has 0 unspecified atom stereocenters. The number of rotatable bonds is 6. The summed E-state index contributed by atoms with van der Waals surface area (Å²) in [6.07, 6.45) is -3.11. The number of hydrogen-bond donors (Lipinski definition) is 0. The number of methoxy groups -OCH3 is 1. The molecule has 0 radical (unpaired) electrons. The van der Waals surface area contributed by atoms with Crippen molar-refractivity contribution in [2.24, 2.45) is 4.99 Å². The smallest absolute Gasteiger partial charge is 0.416 e. The fraction of sp³-hybridized carbons (Fsp3) is 0.0952. The second-order valence-electron chi connectivity index (χ2n) is 6.31. The van der Waals surface area contributed by atoms with Gasteiger partial charge in [0.25, 0.3) is 0 Å². The van der Waals surface area contributed by atoms with E-state index in [1.54, 1.807) is 49.7 Å². The van der Waals surface area contributed by atoms with Crippen LogP contribution in [0.3, 0.4) is 0 Å². The molecule has 3 aromatic carbocycles. The first kappa shape index (κ1) is 23.7. The number of aliphatic imine (C=N–C) groups is 1. The van der Waals surface area contributed by atoms with E-state index in [0.29, 0.717) is 32.0 Å². The summed E-state index contributed by atoms with van der Waals surface area (Å²) in [6, 6.07) is 12.5. The first-order valence-electron chi connectivity index (χ1n) is 8.79. The molecule has 0 aliphatic rings. The maximum Gasteiger partial charge on any atom is 0.416 e. The standard InChI is InChI=1S/C21H13Br2F3N2O4/c1-31-15-5-3-14(4-6-15)27-11-12-8-16(22)20(17(23)9-12)32-19-7-2-13(21(24,25)26)10-18(19)28(29)30/h2-11H,1H3. The van der Waals surface area contributed by atoms with Crippen LogP contribution in [0.4, 0.5) is 24.5 Å². The fourth-order valence-electron chi connectivity index (χ4n) is 2.60. The lowest BCUT2D eigenvalue weighted by atomic mass is 10.2. The summed E-state index contributed by atoms with van der Waals surface area (Å²) in [5, 5.41) is 11.3. The summed E-state index contributed by atoms with van der Waals surface area (Å²) < 4.78 is 50.2. The third-order valence-corrected chi connectivity index (χ3v) is 5.33. The molecule has 0 aliphatic carbocycles. The highest BCUT2D eigenvalue weighted by Crippen LogP contribution is 2.42. The highest BCUT2D eigenvalue weighted by atomic mass is 79.9. The van der Waals surface area contributed by atoms with Crippen LogP contribution in [0.1, 0.15) is 11.1 Å². The van der Waals surface area contributed by atoms with Crippen LogP contribution in [0.15, 0.2) is 68.5 Å². The Morgan fingerprint density at radius 2 is 1.66 bits per heavy atom. The number of ether oxygens (including phenoxy) is 2. The molecule has 0 saturated carbocycles. The zero-order valence-electron chi connectivity index (χ0n) is 16.2. The molecule has 0 saturated heterocycles. The minimum absolute atomic E-state index is 0.162. The van der Waals surface area contributed by atoms with Crippen molar-refractivity contribution < 1.29 is 27.6 Å². The number of alkyl halides is 3. The Bertz CT molecular complexity index is 1160. The summed E-state index contributed by atoms with van der Waals surface area (Å²) in [7, 11) is 1.57. The maximum atomic E-state index is 12.9. The van der Waals surface area contributed by atoms with Crippen molar-refractivity contribution in [1.82, 2.24) is 0 Å². The van der Waals surface area contributed by atoms with Crippen LogP contribution >= 0.6 is 31.9 Å². The molecule has 0 heterocycles. The first-order chi connectivity index (χ1) is 15.1. The highest BCUT2D eigenvalue weighted by Gasteiger charge is 2.33. The number of benzene rings is 3. The number of halogens is 5. The largest absolute Gasteiger partial charge is 0.497 e. The molecule has 11 heteroatoms. The minimum atomic E-state index is -4.71. The zero-order valence-corrected chi connectivity index (χ0v) is 19.4. The third kappa shape index (κ3) is 5.65. The lowest BCUT2D eigenvalue weighted by Gasteiger charge is -2.13. The molecule has 0 aromatic heterocycles. The van der Waals surface area contributed by atoms with Gasteiger partial charge < -0.3 is 9.47 Å². The van der Waals surface area contributed by atoms with Crippen LogP contribution in [-0.2, 0) is 6.18 Å². The van der Waals surface area contributed by atoms with Gasteiger partial charge in [-0.3, -0.25) is 15.1 Å². The van der Waals surface area contributed by atoms with Crippen LogP contribution in [0.2, 0.25) is 0 Å². The molecule has 0 atom stereocenters. The number of nitro groups is 1. The molecular formula is C21H13Br2F3N2O4. The predicted molar refractivity (Wildman–Crippen MR) is 120 cm³/mol. The zero-order chi connectivity index (χ0) is 23.5. The summed E-state index contributed by atoms with van der Waals surface area (Å²) >= 11 is 6.65. The average Bonchev–Trinajstić information content (AvgIpc) is 2.74. The first-order valence-corrected chi connectivity index (χ1v) is 10.4. The highest BCUT2D eigenvalue weighted by molar-refractivity contribution is 9.11. The van der Waals surface area contributed by atoms with Gasteiger partial charge in [0.2, 0.25) is 5.75 Å². The quantitative estimate of drug-likeness (QED) is 0.172. The third-order valence-electron chi connectivity index (χ3n) is 4.15. The van der Waals surface area contributed by atoms with E-state index in [1.165, 1.54) is 0 Å². The van der Waals surface area contributed by atoms with Gasteiger partial charge in [-0.05, 0) is 86.0 Å². The molecule has 0 bridgehead atoms. The van der Waals surface area contributed by atoms with Gasteiger partial charge in [0.1, 0.15) is 5.75 Å². The van der Waals surface area contributed by atoms with Crippen LogP contribution in [-0.4, -0.2) is 18.2 Å². The van der Waals surface area contributed by atoms with E-state index in [-0.39, 0.29) is 11.5 Å². The van der Waals surface area contributed by atoms with Crippen molar-refractivity contribution >= 4 is 49.4 Å². The Kier molecular flexibility index (Phi) is 7.19. The summed E-state index contributed by atoms with van der Waals surface area (Å²) in [6.45, 7) is 0. The van der Waals surface area contributed by atoms with Gasteiger partial charge in [0, 0.05) is 12.3 Å². The molecule has 3 aromatic rings. The molecule has 0 fully saturated rings. The summed E-state index contributed by atoms with van der Waals surface area (Å²) in [5.74, 6) is 0.534. The monoisotopic (exact) mass is 572 g/mol. The van der Waals surface area contributed by atoms with Crippen LogP contribution < -0.4 is 9.47 Å². The van der Waals surface area contributed by atoms with Crippen molar-refractivity contribution in [1.29, 1.82) is 0 Å². The van der Waals surface area contributed by atoms with E-state index in [1.807, 2.05) is 0 Å². The molecule has 32 heavy (non-hydrogen) atoms. The van der Waals surface area contributed by atoms with E-state index in [9.17, 15) is 23.3 Å². The average molecular weight is 574 g/mol. The van der Waals surface area contributed by atoms with E-state index >= 15 is 0 Å². The van der Waals surface area contributed by atoms with Crippen LogP contribution in [0.5, 0.6) is 17.2 Å². The lowest BCUT2D eigenvalue weighted by Crippen LogP contribution is -2.06. The minimum Gasteiger partial charge on any atom is -0.497 e. The van der Waals surface area contributed by atoms with Gasteiger partial charge in [-0.2, -0.15) is 13.2 Å². The van der Waals surface area contributed by atoms with Gasteiger partial charge in [0.15, 0.2) is 5.75 Å². The van der Waals surface area contributed by atoms with E-state index in [2.05, 4.69) is 36.9 Å². The van der Waals surface area contributed by atoms with Crippen molar-refractivity contribution in [2.45, 2.75) is 6.18 Å². The van der Waals surface area contributed by atoms with Crippen LogP contribution in [0, 0.1) is 10.1 Å². The topological polar surface area (TPSA) is 74.0 Å². The maximum absolute atomic E-state index is 12.9. The SMILES string of the molecule is COc1ccc(N=Cc2cc(Br)c(Oc3ccc(C(F)(F)F)cc3[N+](=O)[O-])c(Br)c2)cc1. The number of hydrogen-bond acceptors (Lipinski definition) is 5. The molecule has 166 valence electrons. The van der Waals surface area contributed by atoms with Crippen molar-refractivity contribution in [3.05, 3.63) is 84.8 Å². The van der Waals surface area contributed by atoms with E-state index < -0.39 is 22.4 Å². The molecule has 3 rings (SSSR count). The Hall–Kier alpha value is -2.92. The Balaban J connectivity index is 1.88. The van der Waals surface area contributed by atoms with E-state index in [4.69, 9.17) is 9.47 Å². The van der Waals surface area contributed by atoms with Gasteiger partial charge in [-0.1, -0.05) is 0 Å².